The van der Waals surface area contributed by atoms with Gasteiger partial charge < -0.3 is 4.74 Å². The highest BCUT2D eigenvalue weighted by molar-refractivity contribution is 7.81. The Labute approximate surface area is 143 Å². The minimum Gasteiger partial charge on any atom is -0.457 e. The molecule has 0 fully saturated rings. The fraction of sp³-hybridized carbons (Fsp3) is 0.389. The summed E-state index contributed by atoms with van der Waals surface area (Å²) in [5.74, 6) is -0.170. The van der Waals surface area contributed by atoms with Crippen molar-refractivity contribution >= 4 is 42.0 Å². The van der Waals surface area contributed by atoms with Gasteiger partial charge in [-0.3, -0.25) is 4.79 Å². The Balaban J connectivity index is 2.31. The third-order valence-electron chi connectivity index (χ3n) is 4.18. The zero-order chi connectivity index (χ0) is 16.5. The highest BCUT2D eigenvalue weighted by atomic mass is 32.1. The highest BCUT2D eigenvalue weighted by Gasteiger charge is 2.28. The highest BCUT2D eigenvalue weighted by Crippen LogP contribution is 2.32. The van der Waals surface area contributed by atoms with Gasteiger partial charge in [-0.25, -0.2) is 0 Å². The first-order valence-corrected chi connectivity index (χ1v) is 8.31. The molecular formula is C18H22O2S2. The van der Waals surface area contributed by atoms with Crippen LogP contribution in [0.1, 0.15) is 45.8 Å². The van der Waals surface area contributed by atoms with Crippen LogP contribution in [0.15, 0.2) is 40.1 Å². The zero-order valence-electron chi connectivity index (χ0n) is 13.4. The molecule has 118 valence electrons. The van der Waals surface area contributed by atoms with E-state index in [4.69, 9.17) is 4.74 Å². The summed E-state index contributed by atoms with van der Waals surface area (Å²) < 4.78 is 5.63. The molecule has 0 amide bonds. The van der Waals surface area contributed by atoms with Crippen LogP contribution in [0.2, 0.25) is 0 Å². The molecule has 0 radical (unpaired) electrons. The molecule has 0 aliphatic heterocycles. The summed E-state index contributed by atoms with van der Waals surface area (Å²) >= 11 is 8.97. The maximum atomic E-state index is 12.2. The number of esters is 1. The smallest absolute Gasteiger partial charge is 0.312 e. The molecule has 1 atom stereocenters. The molecule has 0 saturated heterocycles. The summed E-state index contributed by atoms with van der Waals surface area (Å²) in [4.78, 5) is 14.0. The lowest BCUT2D eigenvalue weighted by Crippen LogP contribution is -2.26. The topological polar surface area (TPSA) is 26.3 Å². The van der Waals surface area contributed by atoms with E-state index in [1.165, 1.54) is 0 Å². The van der Waals surface area contributed by atoms with Gasteiger partial charge in [-0.05, 0) is 61.7 Å². The second-order valence-electron chi connectivity index (χ2n) is 6.19. The Morgan fingerprint density at radius 3 is 2.32 bits per heavy atom. The Morgan fingerprint density at radius 2 is 1.73 bits per heavy atom. The first-order chi connectivity index (χ1) is 10.3. The van der Waals surface area contributed by atoms with Gasteiger partial charge in [-0.2, -0.15) is 0 Å². The van der Waals surface area contributed by atoms with Crippen molar-refractivity contribution < 1.29 is 9.53 Å². The van der Waals surface area contributed by atoms with Gasteiger partial charge in [0.25, 0.3) is 0 Å². The molecule has 0 N–H and O–H groups in total. The molecule has 0 heterocycles. The maximum Gasteiger partial charge on any atom is 0.312 e. The summed E-state index contributed by atoms with van der Waals surface area (Å²) in [6.07, 6.45) is 0.458. The van der Waals surface area contributed by atoms with E-state index in [0.717, 1.165) is 32.5 Å². The van der Waals surface area contributed by atoms with E-state index >= 15 is 0 Å². The average Bonchev–Trinajstić information content (AvgIpc) is 2.50. The largest absolute Gasteiger partial charge is 0.457 e. The molecule has 2 aromatic rings. The van der Waals surface area contributed by atoms with Crippen molar-refractivity contribution in [3.8, 4) is 0 Å². The Bertz CT molecular complexity index is 708. The molecule has 2 nitrogen and oxygen atoms in total. The van der Waals surface area contributed by atoms with Gasteiger partial charge in [0.15, 0.2) is 0 Å². The van der Waals surface area contributed by atoms with Crippen LogP contribution in [0.4, 0.5) is 0 Å². The van der Waals surface area contributed by atoms with E-state index in [0.29, 0.717) is 0 Å². The number of ether oxygens (including phenoxy) is 1. The summed E-state index contributed by atoms with van der Waals surface area (Å²) in [7, 11) is 0. The van der Waals surface area contributed by atoms with Crippen molar-refractivity contribution in [3.05, 3.63) is 35.9 Å². The first-order valence-electron chi connectivity index (χ1n) is 7.42. The number of benzene rings is 2. The summed E-state index contributed by atoms with van der Waals surface area (Å²) in [6.45, 7) is 7.69. The van der Waals surface area contributed by atoms with E-state index in [1.807, 2.05) is 58.0 Å². The Hall–Kier alpha value is -1.13. The van der Waals surface area contributed by atoms with Gasteiger partial charge in [0.2, 0.25) is 0 Å². The molecule has 0 bridgehead atoms. The minimum atomic E-state index is -0.460. The number of thiol groups is 2. The SMILES string of the molecule is CCC(C)(C)C(=O)OC(C)c1ccc2c(S)ccc(S)c2c1. The molecule has 4 heteroatoms. The number of hydrogen-bond acceptors (Lipinski definition) is 4. The Kier molecular flexibility index (Phi) is 5.13. The van der Waals surface area contributed by atoms with Gasteiger partial charge >= 0.3 is 5.97 Å². The number of hydrogen-bond donors (Lipinski definition) is 2. The molecule has 0 aliphatic rings. The lowest BCUT2D eigenvalue weighted by atomic mass is 9.90. The van der Waals surface area contributed by atoms with Gasteiger partial charge in [0.05, 0.1) is 5.41 Å². The van der Waals surface area contributed by atoms with Crippen molar-refractivity contribution in [2.75, 3.05) is 0 Å². The van der Waals surface area contributed by atoms with Crippen LogP contribution in [-0.4, -0.2) is 5.97 Å². The molecule has 1 unspecified atom stereocenters. The minimum absolute atomic E-state index is 0.170. The zero-order valence-corrected chi connectivity index (χ0v) is 15.2. The summed E-state index contributed by atoms with van der Waals surface area (Å²) in [5, 5.41) is 2.07. The van der Waals surface area contributed by atoms with E-state index in [-0.39, 0.29) is 12.1 Å². The van der Waals surface area contributed by atoms with E-state index in [9.17, 15) is 4.79 Å². The lowest BCUT2D eigenvalue weighted by Gasteiger charge is -2.24. The van der Waals surface area contributed by atoms with E-state index in [2.05, 4.69) is 25.3 Å². The first kappa shape index (κ1) is 17.2. The third kappa shape index (κ3) is 3.44. The molecule has 2 aromatic carbocycles. The fourth-order valence-corrected chi connectivity index (χ4v) is 2.65. The summed E-state index contributed by atoms with van der Waals surface area (Å²) in [6, 6.07) is 9.86. The predicted molar refractivity (Wildman–Crippen MR) is 97.0 cm³/mol. The molecule has 0 saturated carbocycles. The van der Waals surface area contributed by atoms with Crippen molar-refractivity contribution in [1.82, 2.24) is 0 Å². The third-order valence-corrected chi connectivity index (χ3v) is 4.96. The monoisotopic (exact) mass is 334 g/mol. The molecule has 2 rings (SSSR count). The molecule has 0 spiro atoms. The quantitative estimate of drug-likeness (QED) is 0.574. The van der Waals surface area contributed by atoms with Crippen LogP contribution in [0.25, 0.3) is 10.8 Å². The van der Waals surface area contributed by atoms with Gasteiger partial charge in [0, 0.05) is 9.79 Å². The standard InChI is InChI=1S/C18H22O2S2/c1-5-18(3,4)17(19)20-11(2)12-6-7-13-14(10-12)16(22)9-8-15(13)21/h6-11,21-22H,5H2,1-4H3. The molecule has 0 aromatic heterocycles. The maximum absolute atomic E-state index is 12.2. The van der Waals surface area contributed by atoms with Crippen LogP contribution < -0.4 is 0 Å². The van der Waals surface area contributed by atoms with Crippen LogP contribution in [0.5, 0.6) is 0 Å². The van der Waals surface area contributed by atoms with Crippen LogP contribution >= 0.6 is 25.3 Å². The van der Waals surface area contributed by atoms with Gasteiger partial charge in [-0.15, -0.1) is 25.3 Å². The normalized spacial score (nSPS) is 13.2. The second kappa shape index (κ2) is 6.55. The van der Waals surface area contributed by atoms with Crippen molar-refractivity contribution in [2.45, 2.75) is 50.0 Å². The second-order valence-corrected chi connectivity index (χ2v) is 7.16. The van der Waals surface area contributed by atoms with Gasteiger partial charge in [0.1, 0.15) is 6.10 Å². The number of carbonyl (C=O) groups is 1. The predicted octanol–water partition coefficient (Wildman–Crippen LogP) is 5.46. The fourth-order valence-electron chi connectivity index (χ4n) is 2.12. The number of rotatable bonds is 4. The van der Waals surface area contributed by atoms with E-state index < -0.39 is 5.41 Å². The average molecular weight is 335 g/mol. The number of carbonyl (C=O) groups excluding carboxylic acids is 1. The Morgan fingerprint density at radius 1 is 1.14 bits per heavy atom. The van der Waals surface area contributed by atoms with Crippen molar-refractivity contribution in [3.63, 3.8) is 0 Å². The molecule has 22 heavy (non-hydrogen) atoms. The van der Waals surface area contributed by atoms with Crippen molar-refractivity contribution in [2.24, 2.45) is 5.41 Å². The van der Waals surface area contributed by atoms with Crippen molar-refractivity contribution in [1.29, 1.82) is 0 Å². The van der Waals surface area contributed by atoms with E-state index in [1.54, 1.807) is 0 Å². The lowest BCUT2D eigenvalue weighted by molar-refractivity contribution is -0.159. The van der Waals surface area contributed by atoms with Crippen LogP contribution in [-0.2, 0) is 9.53 Å². The van der Waals surface area contributed by atoms with Crippen LogP contribution in [0, 0.1) is 5.41 Å². The molecule has 0 aliphatic carbocycles. The number of fused-ring (bicyclic) bond motifs is 1. The summed E-state index contributed by atoms with van der Waals surface area (Å²) in [5.41, 5.74) is 0.500. The van der Waals surface area contributed by atoms with Crippen LogP contribution in [0.3, 0.4) is 0 Å². The van der Waals surface area contributed by atoms with Gasteiger partial charge in [-0.1, -0.05) is 19.1 Å². The molecular weight excluding hydrogens is 312 g/mol.